The fourth-order valence-electron chi connectivity index (χ4n) is 6.13. The van der Waals surface area contributed by atoms with Crippen LogP contribution in [0.3, 0.4) is 0 Å². The fourth-order valence-corrected chi connectivity index (χ4v) is 6.13. The number of likely N-dealkylation sites (N-methyl/N-ethyl adjacent to an activating group) is 1. The lowest BCUT2D eigenvalue weighted by atomic mass is 9.99. The second-order valence-electron chi connectivity index (χ2n) is 11.9. The summed E-state index contributed by atoms with van der Waals surface area (Å²) in [6.07, 6.45) is 10.5. The molecule has 0 N–H and O–H groups in total. The molecule has 5 rings (SSSR count). The van der Waals surface area contributed by atoms with E-state index in [-0.39, 0.29) is 11.9 Å². The summed E-state index contributed by atoms with van der Waals surface area (Å²) >= 11 is 0. The quantitative estimate of drug-likeness (QED) is 0.278. The number of likely N-dealkylation sites (tertiary alicyclic amines) is 1. The number of carbonyl (C=O) groups is 1. The summed E-state index contributed by atoms with van der Waals surface area (Å²) in [5.41, 5.74) is 5.91. The minimum Gasteiger partial charge on any atom is -0.369 e. The zero-order chi connectivity index (χ0) is 28.4. The molecule has 0 atom stereocenters. The van der Waals surface area contributed by atoms with Crippen LogP contribution < -0.4 is 4.90 Å². The Balaban J connectivity index is 1.27. The first-order chi connectivity index (χ1) is 20.1. The number of amides is 1. The van der Waals surface area contributed by atoms with Gasteiger partial charge in [0.15, 0.2) is 0 Å². The lowest BCUT2D eigenvalue weighted by Crippen LogP contribution is -2.47. The first kappa shape index (κ1) is 29.3. The van der Waals surface area contributed by atoms with Gasteiger partial charge in [-0.2, -0.15) is 0 Å². The molecule has 0 spiro atoms. The second-order valence-corrected chi connectivity index (χ2v) is 11.9. The van der Waals surface area contributed by atoms with E-state index in [1.54, 1.807) is 0 Å². The maximum atomic E-state index is 14.0. The Kier molecular flexibility index (Phi) is 10.4. The minimum absolute atomic E-state index is 0.154. The molecule has 2 aliphatic heterocycles. The van der Waals surface area contributed by atoms with E-state index in [2.05, 4.69) is 87.1 Å². The number of rotatable bonds is 11. The van der Waals surface area contributed by atoms with Gasteiger partial charge in [-0.25, -0.2) is 0 Å². The first-order valence-corrected chi connectivity index (χ1v) is 15.6. The van der Waals surface area contributed by atoms with Gasteiger partial charge in [-0.1, -0.05) is 44.0 Å². The van der Waals surface area contributed by atoms with Gasteiger partial charge in [0.1, 0.15) is 0 Å². The molecule has 0 radical (unpaired) electrons. The van der Waals surface area contributed by atoms with Crippen molar-refractivity contribution in [3.05, 3.63) is 95.3 Å². The molecule has 0 saturated carbocycles. The van der Waals surface area contributed by atoms with Gasteiger partial charge in [0, 0.05) is 82.0 Å². The molecule has 1 aromatic heterocycles. The number of benzene rings is 2. The third-order valence-corrected chi connectivity index (χ3v) is 8.84. The molecule has 2 saturated heterocycles. The van der Waals surface area contributed by atoms with Crippen LogP contribution in [0, 0.1) is 0 Å². The Labute approximate surface area is 247 Å². The highest BCUT2D eigenvalue weighted by atomic mass is 16.2. The van der Waals surface area contributed by atoms with E-state index < -0.39 is 0 Å². The molecular weight excluding hydrogens is 506 g/mol. The Hall–Kier alpha value is -3.22. The van der Waals surface area contributed by atoms with Crippen LogP contribution in [0.4, 0.5) is 5.69 Å². The molecule has 0 aliphatic carbocycles. The zero-order valence-corrected chi connectivity index (χ0v) is 25.0. The van der Waals surface area contributed by atoms with E-state index >= 15 is 0 Å². The number of piperazine rings is 1. The number of aromatic nitrogens is 1. The molecule has 2 aromatic carbocycles. The minimum atomic E-state index is 0.154. The molecule has 0 bridgehead atoms. The third-order valence-electron chi connectivity index (χ3n) is 8.84. The van der Waals surface area contributed by atoms with Crippen molar-refractivity contribution in [3.8, 4) is 0 Å². The Morgan fingerprint density at radius 3 is 2.12 bits per heavy atom. The average Bonchev–Trinajstić information content (AvgIpc) is 3.02. The van der Waals surface area contributed by atoms with E-state index in [9.17, 15) is 4.79 Å². The van der Waals surface area contributed by atoms with E-state index in [0.29, 0.717) is 6.54 Å². The SMILES string of the molecule is CCCCCc1ccc(C(=O)N(Cc2ccc(N3CCN(C)CC3)cc2)C2CCN(Cc3ccncc3)CC2)cc1. The van der Waals surface area contributed by atoms with Gasteiger partial charge in [0.25, 0.3) is 5.91 Å². The smallest absolute Gasteiger partial charge is 0.254 e. The van der Waals surface area contributed by atoms with Crippen LogP contribution in [0.15, 0.2) is 73.1 Å². The number of carbonyl (C=O) groups excluding carboxylic acids is 1. The number of pyridine rings is 1. The predicted molar refractivity (Wildman–Crippen MR) is 168 cm³/mol. The lowest BCUT2D eigenvalue weighted by Gasteiger charge is -2.39. The van der Waals surface area contributed by atoms with Crippen LogP contribution >= 0.6 is 0 Å². The van der Waals surface area contributed by atoms with Crippen LogP contribution in [-0.4, -0.2) is 77.9 Å². The third kappa shape index (κ3) is 8.17. The standard InChI is InChI=1S/C35H47N5O/c1-3-4-5-6-29-7-11-32(12-8-29)35(41)40(34-17-21-38(22-18-34)27-31-15-19-36-20-16-31)28-30-9-13-33(14-10-30)39-25-23-37(2)24-26-39/h7-16,19-20,34H,3-6,17-18,21-28H2,1-2H3. The molecule has 6 heteroatoms. The summed E-state index contributed by atoms with van der Waals surface area (Å²) in [4.78, 5) is 27.7. The molecule has 1 amide bonds. The highest BCUT2D eigenvalue weighted by Crippen LogP contribution is 2.25. The van der Waals surface area contributed by atoms with Gasteiger partial charge in [-0.15, -0.1) is 0 Å². The van der Waals surface area contributed by atoms with Crippen LogP contribution in [0.25, 0.3) is 0 Å². The predicted octanol–water partition coefficient (Wildman–Crippen LogP) is 5.87. The van der Waals surface area contributed by atoms with Crippen molar-refractivity contribution in [1.82, 2.24) is 19.7 Å². The van der Waals surface area contributed by atoms with Gasteiger partial charge >= 0.3 is 0 Å². The van der Waals surface area contributed by atoms with Crippen molar-refractivity contribution in [3.63, 3.8) is 0 Å². The summed E-state index contributed by atoms with van der Waals surface area (Å²) < 4.78 is 0. The number of hydrogen-bond acceptors (Lipinski definition) is 5. The van der Waals surface area contributed by atoms with Gasteiger partial charge in [-0.3, -0.25) is 14.7 Å². The summed E-state index contributed by atoms with van der Waals surface area (Å²) in [5, 5.41) is 0. The van der Waals surface area contributed by atoms with Crippen LogP contribution in [0.2, 0.25) is 0 Å². The van der Waals surface area contributed by atoms with Crippen LogP contribution in [0.1, 0.15) is 66.1 Å². The van der Waals surface area contributed by atoms with Crippen molar-refractivity contribution in [1.29, 1.82) is 0 Å². The highest BCUT2D eigenvalue weighted by Gasteiger charge is 2.29. The van der Waals surface area contributed by atoms with Crippen LogP contribution in [0.5, 0.6) is 0 Å². The fraction of sp³-hybridized carbons (Fsp3) is 0.486. The molecule has 3 heterocycles. The highest BCUT2D eigenvalue weighted by molar-refractivity contribution is 5.94. The van der Waals surface area contributed by atoms with Gasteiger partial charge in [0.05, 0.1) is 0 Å². The summed E-state index contributed by atoms with van der Waals surface area (Å²) in [6.45, 7) is 10.1. The normalized spacial score (nSPS) is 17.1. The second kappa shape index (κ2) is 14.6. The Morgan fingerprint density at radius 2 is 1.46 bits per heavy atom. The van der Waals surface area contributed by atoms with Crippen LogP contribution in [-0.2, 0) is 19.5 Å². The average molecular weight is 554 g/mol. The van der Waals surface area contributed by atoms with Gasteiger partial charge in [0.2, 0.25) is 0 Å². The molecule has 2 fully saturated rings. The van der Waals surface area contributed by atoms with E-state index in [0.717, 1.165) is 70.6 Å². The number of hydrogen-bond donors (Lipinski definition) is 0. The van der Waals surface area contributed by atoms with Crippen molar-refractivity contribution in [2.24, 2.45) is 0 Å². The van der Waals surface area contributed by atoms with Gasteiger partial charge in [-0.05, 0) is 85.8 Å². The lowest BCUT2D eigenvalue weighted by molar-refractivity contribution is 0.0543. The molecule has 41 heavy (non-hydrogen) atoms. The van der Waals surface area contributed by atoms with E-state index in [4.69, 9.17) is 0 Å². The number of nitrogens with zero attached hydrogens (tertiary/aromatic N) is 5. The Morgan fingerprint density at radius 1 is 0.805 bits per heavy atom. The summed E-state index contributed by atoms with van der Waals surface area (Å²) in [5.74, 6) is 0.154. The number of unbranched alkanes of at least 4 members (excludes halogenated alkanes) is 2. The van der Waals surface area contributed by atoms with E-state index in [1.165, 1.54) is 41.6 Å². The van der Waals surface area contributed by atoms with Crippen molar-refractivity contribution >= 4 is 11.6 Å². The topological polar surface area (TPSA) is 42.9 Å². The molecule has 0 unspecified atom stereocenters. The van der Waals surface area contributed by atoms with Crippen molar-refractivity contribution < 1.29 is 4.79 Å². The molecule has 218 valence electrons. The Bertz CT molecular complexity index is 1200. The first-order valence-electron chi connectivity index (χ1n) is 15.6. The molecular formula is C35H47N5O. The largest absolute Gasteiger partial charge is 0.369 e. The van der Waals surface area contributed by atoms with Crippen molar-refractivity contribution in [2.75, 3.05) is 51.2 Å². The zero-order valence-electron chi connectivity index (χ0n) is 25.0. The van der Waals surface area contributed by atoms with Crippen molar-refractivity contribution in [2.45, 2.75) is 64.6 Å². The van der Waals surface area contributed by atoms with Gasteiger partial charge < -0.3 is 14.7 Å². The maximum absolute atomic E-state index is 14.0. The summed E-state index contributed by atoms with van der Waals surface area (Å²) in [6, 6.07) is 21.8. The number of piperidine rings is 1. The number of aryl methyl sites for hydroxylation is 1. The molecule has 2 aliphatic rings. The molecule has 3 aromatic rings. The summed E-state index contributed by atoms with van der Waals surface area (Å²) in [7, 11) is 2.19. The molecule has 6 nitrogen and oxygen atoms in total. The van der Waals surface area contributed by atoms with E-state index in [1.807, 2.05) is 24.5 Å². The monoisotopic (exact) mass is 553 g/mol. The maximum Gasteiger partial charge on any atom is 0.254 e. The number of anilines is 1.